The maximum absolute atomic E-state index is 6.10. The summed E-state index contributed by atoms with van der Waals surface area (Å²) in [7, 11) is 0. The third-order valence-electron chi connectivity index (χ3n) is 5.31. The summed E-state index contributed by atoms with van der Waals surface area (Å²) >= 11 is 1.66. The summed E-state index contributed by atoms with van der Waals surface area (Å²) in [4.78, 5) is 6.83. The summed E-state index contributed by atoms with van der Waals surface area (Å²) in [6.45, 7) is 5.80. The number of morpholine rings is 1. The van der Waals surface area contributed by atoms with Crippen LogP contribution in [0.5, 0.6) is 0 Å². The Bertz CT molecular complexity index is 1060. The van der Waals surface area contributed by atoms with Crippen LogP contribution in [0.2, 0.25) is 0 Å². The van der Waals surface area contributed by atoms with Crippen molar-refractivity contribution in [3.63, 3.8) is 0 Å². The maximum Gasteiger partial charge on any atom is 0.232 e. The van der Waals surface area contributed by atoms with Gasteiger partial charge in [0.1, 0.15) is 6.10 Å². The highest BCUT2D eigenvalue weighted by atomic mass is 32.2. The molecule has 0 bridgehead atoms. The van der Waals surface area contributed by atoms with Crippen molar-refractivity contribution in [3.8, 4) is 5.69 Å². The molecule has 2 aliphatic heterocycles. The lowest BCUT2D eigenvalue weighted by molar-refractivity contribution is 0.122. The molecule has 1 saturated heterocycles. The molecule has 0 saturated carbocycles. The van der Waals surface area contributed by atoms with E-state index in [2.05, 4.69) is 55.8 Å². The van der Waals surface area contributed by atoms with Gasteiger partial charge in [0.25, 0.3) is 0 Å². The number of nitrogens with zero attached hydrogens (tertiary/aromatic N) is 5. The number of benzene rings is 2. The van der Waals surface area contributed by atoms with Crippen molar-refractivity contribution in [1.82, 2.24) is 14.8 Å². The molecule has 0 spiro atoms. The number of anilines is 1. The molecule has 1 aromatic heterocycles. The number of thioether (sulfide) groups is 1. The summed E-state index contributed by atoms with van der Waals surface area (Å²) in [5, 5.41) is 9.95. The molecule has 8 heteroatoms. The number of aromatic nitrogens is 3. The zero-order valence-electron chi connectivity index (χ0n) is 17.5. The Kier molecular flexibility index (Phi) is 5.90. The van der Waals surface area contributed by atoms with Crippen molar-refractivity contribution in [3.05, 3.63) is 65.7 Å². The van der Waals surface area contributed by atoms with Gasteiger partial charge in [-0.15, -0.1) is 10.2 Å². The van der Waals surface area contributed by atoms with Gasteiger partial charge < -0.3 is 14.4 Å². The molecule has 160 valence electrons. The van der Waals surface area contributed by atoms with Crippen molar-refractivity contribution >= 4 is 23.6 Å². The van der Waals surface area contributed by atoms with Gasteiger partial charge in [0.05, 0.1) is 25.4 Å². The Labute approximate surface area is 186 Å². The van der Waals surface area contributed by atoms with Crippen molar-refractivity contribution in [2.75, 3.05) is 43.5 Å². The molecule has 0 amide bonds. The Hall–Kier alpha value is -2.84. The van der Waals surface area contributed by atoms with Gasteiger partial charge in [0, 0.05) is 24.4 Å². The zero-order chi connectivity index (χ0) is 21.0. The molecule has 1 atom stereocenters. The average Bonchev–Trinajstić information content (AvgIpc) is 3.46. The van der Waals surface area contributed by atoms with E-state index in [0.717, 1.165) is 47.1 Å². The first-order valence-electron chi connectivity index (χ1n) is 10.5. The van der Waals surface area contributed by atoms with Crippen LogP contribution >= 0.6 is 11.8 Å². The van der Waals surface area contributed by atoms with E-state index in [1.54, 1.807) is 11.8 Å². The summed E-state index contributed by atoms with van der Waals surface area (Å²) in [5.41, 5.74) is 3.30. The van der Waals surface area contributed by atoms with Crippen LogP contribution in [0, 0.1) is 6.92 Å². The third kappa shape index (κ3) is 4.45. The predicted octanol–water partition coefficient (Wildman–Crippen LogP) is 3.35. The Morgan fingerprint density at radius 2 is 1.87 bits per heavy atom. The van der Waals surface area contributed by atoms with Gasteiger partial charge in [0.2, 0.25) is 11.8 Å². The molecular formula is C23H25N5O2S. The van der Waals surface area contributed by atoms with Gasteiger partial charge in [0.15, 0.2) is 5.16 Å². The van der Waals surface area contributed by atoms with Crippen LogP contribution in [-0.2, 0) is 9.47 Å². The molecular weight excluding hydrogens is 410 g/mol. The van der Waals surface area contributed by atoms with E-state index in [1.807, 2.05) is 30.3 Å². The zero-order valence-corrected chi connectivity index (χ0v) is 18.3. The maximum atomic E-state index is 6.10. The summed E-state index contributed by atoms with van der Waals surface area (Å²) < 4.78 is 13.8. The van der Waals surface area contributed by atoms with Crippen molar-refractivity contribution in [1.29, 1.82) is 0 Å². The topological polar surface area (TPSA) is 64.8 Å². The number of aliphatic imine (C=N–C) groups is 1. The van der Waals surface area contributed by atoms with Gasteiger partial charge in [-0.25, -0.2) is 4.99 Å². The minimum atomic E-state index is 0.0229. The minimum Gasteiger partial charge on any atom is -0.471 e. The second-order valence-corrected chi connectivity index (χ2v) is 8.61. The Morgan fingerprint density at radius 1 is 1.03 bits per heavy atom. The van der Waals surface area contributed by atoms with E-state index >= 15 is 0 Å². The molecule has 31 heavy (non-hydrogen) atoms. The lowest BCUT2D eigenvalue weighted by atomic mass is 10.2. The Balaban J connectivity index is 1.34. The smallest absolute Gasteiger partial charge is 0.232 e. The summed E-state index contributed by atoms with van der Waals surface area (Å²) in [6.07, 6.45) is 0.0229. The fourth-order valence-corrected chi connectivity index (χ4v) is 4.65. The second kappa shape index (κ2) is 9.11. The molecule has 7 nitrogen and oxygen atoms in total. The van der Waals surface area contributed by atoms with Crippen LogP contribution in [0.1, 0.15) is 11.1 Å². The van der Waals surface area contributed by atoms with E-state index in [4.69, 9.17) is 9.47 Å². The van der Waals surface area contributed by atoms with Crippen molar-refractivity contribution < 1.29 is 9.47 Å². The fraction of sp³-hybridized carbons (Fsp3) is 0.348. The third-order valence-corrected chi connectivity index (χ3v) is 6.37. The van der Waals surface area contributed by atoms with E-state index in [0.29, 0.717) is 19.8 Å². The van der Waals surface area contributed by atoms with Crippen LogP contribution in [0.15, 0.2) is 64.7 Å². The van der Waals surface area contributed by atoms with Crippen LogP contribution in [0.25, 0.3) is 5.69 Å². The molecule has 0 aliphatic carbocycles. The highest BCUT2D eigenvalue weighted by molar-refractivity contribution is 7.99. The Morgan fingerprint density at radius 3 is 2.68 bits per heavy atom. The van der Waals surface area contributed by atoms with E-state index in [9.17, 15) is 0 Å². The molecule has 2 aromatic carbocycles. The monoisotopic (exact) mass is 435 g/mol. The average molecular weight is 436 g/mol. The first-order valence-corrected chi connectivity index (χ1v) is 11.5. The van der Waals surface area contributed by atoms with Gasteiger partial charge in [-0.05, 0) is 36.8 Å². The lowest BCUT2D eigenvalue weighted by Gasteiger charge is -2.28. The first kappa shape index (κ1) is 20.1. The number of hydrogen-bond donors (Lipinski definition) is 0. The standard InChI is InChI=1S/C23H25N5O2S/c1-17-6-5-9-19(14-17)28-22(27-10-12-29-13-11-27)25-26-23(28)31-16-20-15-24-21(30-20)18-7-3-2-4-8-18/h2-9,14,20H,10-13,15-16H2,1H3/t20-/m1/s1. The summed E-state index contributed by atoms with van der Waals surface area (Å²) in [5.74, 6) is 2.35. The van der Waals surface area contributed by atoms with Crippen LogP contribution in [0.3, 0.4) is 0 Å². The van der Waals surface area contributed by atoms with E-state index in [1.165, 1.54) is 5.56 Å². The van der Waals surface area contributed by atoms with Crippen LogP contribution in [0.4, 0.5) is 5.95 Å². The molecule has 1 fully saturated rings. The molecule has 3 aromatic rings. The first-order chi connectivity index (χ1) is 15.3. The fourth-order valence-electron chi connectivity index (χ4n) is 3.73. The number of hydrogen-bond acceptors (Lipinski definition) is 7. The van der Waals surface area contributed by atoms with Crippen LogP contribution < -0.4 is 4.90 Å². The lowest BCUT2D eigenvalue weighted by Crippen LogP contribution is -2.37. The molecule has 0 unspecified atom stereocenters. The largest absolute Gasteiger partial charge is 0.471 e. The predicted molar refractivity (Wildman–Crippen MR) is 123 cm³/mol. The van der Waals surface area contributed by atoms with E-state index < -0.39 is 0 Å². The van der Waals surface area contributed by atoms with Gasteiger partial charge in [-0.1, -0.05) is 42.1 Å². The molecule has 3 heterocycles. The van der Waals surface area contributed by atoms with Crippen molar-refractivity contribution in [2.24, 2.45) is 4.99 Å². The molecule has 0 radical (unpaired) electrons. The van der Waals surface area contributed by atoms with Gasteiger partial charge in [-0.2, -0.15) is 0 Å². The van der Waals surface area contributed by atoms with Gasteiger partial charge >= 0.3 is 0 Å². The highest BCUT2D eigenvalue weighted by Crippen LogP contribution is 2.29. The van der Waals surface area contributed by atoms with Crippen LogP contribution in [-0.4, -0.2) is 65.4 Å². The second-order valence-electron chi connectivity index (χ2n) is 7.62. The van der Waals surface area contributed by atoms with Gasteiger partial charge in [-0.3, -0.25) is 4.57 Å². The minimum absolute atomic E-state index is 0.0229. The van der Waals surface area contributed by atoms with Crippen molar-refractivity contribution in [2.45, 2.75) is 18.2 Å². The number of ether oxygens (including phenoxy) is 2. The van der Waals surface area contributed by atoms with E-state index in [-0.39, 0.29) is 6.10 Å². The summed E-state index contributed by atoms with van der Waals surface area (Å²) in [6, 6.07) is 18.5. The quantitative estimate of drug-likeness (QED) is 0.554. The molecule has 0 N–H and O–H groups in total. The molecule has 2 aliphatic rings. The molecule has 5 rings (SSSR count). The normalized spacial score (nSPS) is 18.7. The SMILES string of the molecule is Cc1cccc(-n2c(SC[C@H]3CN=C(c4ccccc4)O3)nnc2N2CCOCC2)c1. The highest BCUT2D eigenvalue weighted by Gasteiger charge is 2.25. The number of rotatable bonds is 6. The number of aryl methyl sites for hydroxylation is 1.